The van der Waals surface area contributed by atoms with Gasteiger partial charge >= 0.3 is 0 Å². The highest BCUT2D eigenvalue weighted by atomic mass is 79.9. The average Bonchev–Trinajstić information content (AvgIpc) is 2.29. The Morgan fingerprint density at radius 3 is 2.59 bits per heavy atom. The van der Waals surface area contributed by atoms with Gasteiger partial charge in [0.25, 0.3) is 0 Å². The van der Waals surface area contributed by atoms with Gasteiger partial charge in [-0.05, 0) is 48.9 Å². The molecule has 90 valence electrons. The maximum Gasteiger partial charge on any atom is 0.196 e. The summed E-state index contributed by atoms with van der Waals surface area (Å²) in [5, 5.41) is 2.35. The van der Waals surface area contributed by atoms with E-state index in [9.17, 15) is 0 Å². The minimum Gasteiger partial charge on any atom is -0.465 e. The molecule has 3 heteroatoms. The van der Waals surface area contributed by atoms with Crippen molar-refractivity contribution in [2.45, 2.75) is 20.1 Å². The molecule has 0 spiro atoms. The van der Waals surface area contributed by atoms with Crippen LogP contribution in [0, 0.1) is 0 Å². The van der Waals surface area contributed by atoms with E-state index in [1.807, 2.05) is 38.1 Å². The molecule has 0 amide bonds. The molecule has 2 rings (SSSR count). The van der Waals surface area contributed by atoms with Crippen LogP contribution >= 0.6 is 15.9 Å². The summed E-state index contributed by atoms with van der Waals surface area (Å²) in [6.07, 6.45) is -0.215. The first-order chi connectivity index (χ1) is 8.19. The molecule has 0 heterocycles. The summed E-state index contributed by atoms with van der Waals surface area (Å²) in [5.41, 5.74) is 0. The summed E-state index contributed by atoms with van der Waals surface area (Å²) in [6, 6.07) is 12.2. The molecular weight excluding hydrogens is 280 g/mol. The lowest BCUT2D eigenvalue weighted by molar-refractivity contribution is -0.0612. The van der Waals surface area contributed by atoms with E-state index >= 15 is 0 Å². The Bertz CT molecular complexity index is 511. The third-order valence-corrected chi connectivity index (χ3v) is 2.97. The van der Waals surface area contributed by atoms with Crippen LogP contribution in [0.1, 0.15) is 13.8 Å². The Morgan fingerprint density at radius 2 is 1.82 bits per heavy atom. The molecule has 1 atom stereocenters. The molecular formula is C14H15BrO2. The van der Waals surface area contributed by atoms with Crippen LogP contribution in [0.25, 0.3) is 10.8 Å². The molecule has 0 bridgehead atoms. The van der Waals surface area contributed by atoms with Crippen LogP contribution in [0.2, 0.25) is 0 Å². The number of benzene rings is 2. The Labute approximate surface area is 110 Å². The van der Waals surface area contributed by atoms with Gasteiger partial charge in [0.2, 0.25) is 0 Å². The molecule has 2 aromatic carbocycles. The summed E-state index contributed by atoms with van der Waals surface area (Å²) < 4.78 is 12.1. The van der Waals surface area contributed by atoms with Crippen molar-refractivity contribution < 1.29 is 9.47 Å². The highest BCUT2D eigenvalue weighted by Gasteiger charge is 2.03. The fraction of sp³-hybridized carbons (Fsp3) is 0.286. The molecule has 0 N–H and O–H groups in total. The van der Waals surface area contributed by atoms with E-state index in [0.717, 1.165) is 15.6 Å². The van der Waals surface area contributed by atoms with Crippen molar-refractivity contribution >= 4 is 26.7 Å². The average molecular weight is 295 g/mol. The molecule has 0 saturated carbocycles. The second-order valence-electron chi connectivity index (χ2n) is 3.79. The van der Waals surface area contributed by atoms with Crippen molar-refractivity contribution in [2.75, 3.05) is 6.61 Å². The highest BCUT2D eigenvalue weighted by Crippen LogP contribution is 2.24. The van der Waals surface area contributed by atoms with Gasteiger partial charge in [-0.25, -0.2) is 0 Å². The lowest BCUT2D eigenvalue weighted by atomic mass is 10.1. The minimum atomic E-state index is -0.215. The van der Waals surface area contributed by atoms with Crippen LogP contribution < -0.4 is 4.74 Å². The molecule has 0 unspecified atom stereocenters. The first-order valence-corrected chi connectivity index (χ1v) is 6.46. The topological polar surface area (TPSA) is 18.5 Å². The predicted molar refractivity (Wildman–Crippen MR) is 73.4 cm³/mol. The monoisotopic (exact) mass is 294 g/mol. The maximum absolute atomic E-state index is 5.66. The smallest absolute Gasteiger partial charge is 0.196 e. The lowest BCUT2D eigenvalue weighted by Gasteiger charge is -2.14. The van der Waals surface area contributed by atoms with Crippen LogP contribution in [-0.2, 0) is 4.74 Å². The third kappa shape index (κ3) is 3.20. The van der Waals surface area contributed by atoms with Gasteiger partial charge in [0.1, 0.15) is 5.75 Å². The maximum atomic E-state index is 5.66. The van der Waals surface area contributed by atoms with Gasteiger partial charge in [-0.15, -0.1) is 0 Å². The van der Waals surface area contributed by atoms with E-state index in [-0.39, 0.29) is 6.29 Å². The molecule has 0 aromatic heterocycles. The van der Waals surface area contributed by atoms with Crippen molar-refractivity contribution in [3.05, 3.63) is 40.9 Å². The molecule has 2 aromatic rings. The number of rotatable bonds is 4. The van der Waals surface area contributed by atoms with Gasteiger partial charge in [0.15, 0.2) is 6.29 Å². The zero-order valence-electron chi connectivity index (χ0n) is 9.94. The molecule has 0 aliphatic rings. The van der Waals surface area contributed by atoms with Gasteiger partial charge in [-0.1, -0.05) is 28.1 Å². The lowest BCUT2D eigenvalue weighted by Crippen LogP contribution is -2.15. The fourth-order valence-corrected chi connectivity index (χ4v) is 2.11. The fourth-order valence-electron chi connectivity index (χ4n) is 1.73. The zero-order chi connectivity index (χ0) is 12.3. The second-order valence-corrected chi connectivity index (χ2v) is 4.71. The molecule has 0 radical (unpaired) electrons. The van der Waals surface area contributed by atoms with Crippen LogP contribution in [0.5, 0.6) is 5.75 Å². The number of hydrogen-bond donors (Lipinski definition) is 0. The molecule has 0 aliphatic heterocycles. The Hall–Kier alpha value is -1.06. The molecule has 17 heavy (non-hydrogen) atoms. The number of halogens is 1. The molecule has 0 aliphatic carbocycles. The van der Waals surface area contributed by atoms with Crippen molar-refractivity contribution in [3.8, 4) is 5.75 Å². The summed E-state index contributed by atoms with van der Waals surface area (Å²) >= 11 is 3.46. The first-order valence-electron chi connectivity index (χ1n) is 5.66. The summed E-state index contributed by atoms with van der Waals surface area (Å²) in [6.45, 7) is 4.51. The quantitative estimate of drug-likeness (QED) is 0.780. The molecule has 0 fully saturated rings. The number of hydrogen-bond acceptors (Lipinski definition) is 2. The minimum absolute atomic E-state index is 0.215. The molecule has 0 saturated heterocycles. The zero-order valence-corrected chi connectivity index (χ0v) is 11.5. The van der Waals surface area contributed by atoms with Crippen LogP contribution in [0.3, 0.4) is 0 Å². The standard InChI is InChI=1S/C14H15BrO2/c1-3-16-10(2)17-14-7-5-11-8-13(15)6-4-12(11)9-14/h4-10H,3H2,1-2H3/t10-/m0/s1. The van der Waals surface area contributed by atoms with Gasteiger partial charge in [0.05, 0.1) is 0 Å². The van der Waals surface area contributed by atoms with Crippen LogP contribution in [0.4, 0.5) is 0 Å². The van der Waals surface area contributed by atoms with Crippen LogP contribution in [0.15, 0.2) is 40.9 Å². The van der Waals surface area contributed by atoms with Crippen LogP contribution in [-0.4, -0.2) is 12.9 Å². The third-order valence-electron chi connectivity index (χ3n) is 2.48. The Kier molecular flexibility index (Phi) is 4.02. The van der Waals surface area contributed by atoms with Crippen molar-refractivity contribution in [1.29, 1.82) is 0 Å². The molecule has 2 nitrogen and oxygen atoms in total. The van der Waals surface area contributed by atoms with Crippen molar-refractivity contribution in [2.24, 2.45) is 0 Å². The first kappa shape index (κ1) is 12.4. The SMILES string of the molecule is CCO[C@H](C)Oc1ccc2cc(Br)ccc2c1. The van der Waals surface area contributed by atoms with Crippen molar-refractivity contribution in [1.82, 2.24) is 0 Å². The van der Waals surface area contributed by atoms with Gasteiger partial charge in [-0.2, -0.15) is 0 Å². The van der Waals surface area contributed by atoms with E-state index in [2.05, 4.69) is 28.1 Å². The normalized spacial score (nSPS) is 12.6. The number of fused-ring (bicyclic) bond motifs is 1. The Balaban J connectivity index is 2.23. The highest BCUT2D eigenvalue weighted by molar-refractivity contribution is 9.10. The summed E-state index contributed by atoms with van der Waals surface area (Å²) in [7, 11) is 0. The van der Waals surface area contributed by atoms with E-state index < -0.39 is 0 Å². The second kappa shape index (κ2) is 5.52. The van der Waals surface area contributed by atoms with Gasteiger partial charge in [0, 0.05) is 11.1 Å². The van der Waals surface area contributed by atoms with Crippen molar-refractivity contribution in [3.63, 3.8) is 0 Å². The van der Waals surface area contributed by atoms with E-state index in [1.54, 1.807) is 0 Å². The Morgan fingerprint density at radius 1 is 1.12 bits per heavy atom. The largest absolute Gasteiger partial charge is 0.465 e. The summed E-state index contributed by atoms with van der Waals surface area (Å²) in [5.74, 6) is 0.834. The van der Waals surface area contributed by atoms with Gasteiger partial charge < -0.3 is 9.47 Å². The van der Waals surface area contributed by atoms with E-state index in [4.69, 9.17) is 9.47 Å². The predicted octanol–water partition coefficient (Wildman–Crippen LogP) is 4.36. The van der Waals surface area contributed by atoms with Gasteiger partial charge in [-0.3, -0.25) is 0 Å². The summed E-state index contributed by atoms with van der Waals surface area (Å²) in [4.78, 5) is 0. The number of ether oxygens (including phenoxy) is 2. The van der Waals surface area contributed by atoms with E-state index in [0.29, 0.717) is 6.61 Å². The van der Waals surface area contributed by atoms with E-state index in [1.165, 1.54) is 5.39 Å².